The van der Waals surface area contributed by atoms with E-state index in [0.29, 0.717) is 19.6 Å². The summed E-state index contributed by atoms with van der Waals surface area (Å²) in [6.45, 7) is 7.73. The van der Waals surface area contributed by atoms with E-state index in [2.05, 4.69) is 0 Å². The zero-order valence-corrected chi connectivity index (χ0v) is 16.6. The normalized spacial score (nSPS) is 22.8. The molecule has 2 aliphatic rings. The Balaban J connectivity index is 1.64. The Labute approximate surface area is 161 Å². The molecule has 27 heavy (non-hydrogen) atoms. The molecule has 6 nitrogen and oxygen atoms in total. The number of likely N-dealkylation sites (tertiary alicyclic amines) is 2. The highest BCUT2D eigenvalue weighted by molar-refractivity contribution is 5.71. The second-order valence-electron chi connectivity index (χ2n) is 8.53. The first-order chi connectivity index (χ1) is 12.8. The summed E-state index contributed by atoms with van der Waals surface area (Å²) in [5, 5.41) is 0. The van der Waals surface area contributed by atoms with Crippen molar-refractivity contribution in [2.24, 2.45) is 0 Å². The molecule has 2 amide bonds. The number of carbonyl (C=O) groups excluding carboxylic acids is 2. The molecule has 6 heteroatoms. The van der Waals surface area contributed by atoms with Crippen molar-refractivity contribution < 1.29 is 19.1 Å². The van der Waals surface area contributed by atoms with Gasteiger partial charge in [0.15, 0.2) is 0 Å². The number of benzene rings is 1. The van der Waals surface area contributed by atoms with Gasteiger partial charge in [0.05, 0.1) is 5.54 Å². The predicted molar refractivity (Wildman–Crippen MR) is 102 cm³/mol. The van der Waals surface area contributed by atoms with E-state index in [1.54, 1.807) is 4.90 Å². The Hall–Kier alpha value is -2.24. The summed E-state index contributed by atoms with van der Waals surface area (Å²) in [7, 11) is 0. The maximum atomic E-state index is 12.8. The Morgan fingerprint density at radius 2 is 1.70 bits per heavy atom. The van der Waals surface area contributed by atoms with Crippen LogP contribution in [0, 0.1) is 0 Å². The van der Waals surface area contributed by atoms with Gasteiger partial charge in [-0.1, -0.05) is 30.3 Å². The maximum absolute atomic E-state index is 12.8. The molecule has 3 rings (SSSR count). The molecule has 0 radical (unpaired) electrons. The molecule has 2 fully saturated rings. The van der Waals surface area contributed by atoms with Crippen molar-refractivity contribution in [1.82, 2.24) is 9.80 Å². The molecule has 1 atom stereocenters. The highest BCUT2D eigenvalue weighted by atomic mass is 16.6. The minimum absolute atomic E-state index is 0.266. The number of ether oxygens (including phenoxy) is 2. The van der Waals surface area contributed by atoms with E-state index in [-0.39, 0.29) is 24.3 Å². The number of carbonyl (C=O) groups is 2. The molecule has 0 unspecified atom stereocenters. The lowest BCUT2D eigenvalue weighted by Crippen LogP contribution is -2.58. The van der Waals surface area contributed by atoms with Crippen LogP contribution in [-0.4, -0.2) is 52.8 Å². The van der Waals surface area contributed by atoms with Gasteiger partial charge in [0.1, 0.15) is 12.2 Å². The van der Waals surface area contributed by atoms with Crippen molar-refractivity contribution in [3.05, 3.63) is 35.9 Å². The highest BCUT2D eigenvalue weighted by Crippen LogP contribution is 2.38. The number of piperidine rings is 1. The van der Waals surface area contributed by atoms with Crippen LogP contribution < -0.4 is 0 Å². The average Bonchev–Trinajstić information content (AvgIpc) is 3.02. The van der Waals surface area contributed by atoms with E-state index in [1.807, 2.05) is 56.0 Å². The van der Waals surface area contributed by atoms with Crippen LogP contribution in [0.15, 0.2) is 30.3 Å². The molecule has 1 aromatic rings. The molecule has 2 saturated heterocycles. The highest BCUT2D eigenvalue weighted by Gasteiger charge is 2.48. The molecule has 1 spiro atoms. The van der Waals surface area contributed by atoms with E-state index in [1.165, 1.54) is 0 Å². The molecule has 0 N–H and O–H groups in total. The Bertz CT molecular complexity index is 671. The Morgan fingerprint density at radius 3 is 2.37 bits per heavy atom. The Kier molecular flexibility index (Phi) is 5.63. The third-order valence-electron chi connectivity index (χ3n) is 5.23. The molecular weight excluding hydrogens is 344 g/mol. The molecular formula is C21H30N2O4. The molecule has 0 saturated carbocycles. The zero-order chi connectivity index (χ0) is 19.5. The second-order valence-corrected chi connectivity index (χ2v) is 8.53. The summed E-state index contributed by atoms with van der Waals surface area (Å²) in [5.74, 6) is 0. The maximum Gasteiger partial charge on any atom is 0.410 e. The number of nitrogens with zero attached hydrogens (tertiary/aromatic N) is 2. The summed E-state index contributed by atoms with van der Waals surface area (Å²) in [6.07, 6.45) is 3.00. The first kappa shape index (κ1) is 19.5. The number of hydrogen-bond donors (Lipinski definition) is 0. The zero-order valence-electron chi connectivity index (χ0n) is 16.6. The number of hydrogen-bond acceptors (Lipinski definition) is 4. The van der Waals surface area contributed by atoms with Crippen LogP contribution in [0.2, 0.25) is 0 Å². The second kappa shape index (κ2) is 7.79. The van der Waals surface area contributed by atoms with Crippen molar-refractivity contribution in [2.75, 3.05) is 19.6 Å². The van der Waals surface area contributed by atoms with Crippen LogP contribution in [0.25, 0.3) is 0 Å². The predicted octanol–water partition coefficient (Wildman–Crippen LogP) is 4.19. The fourth-order valence-corrected chi connectivity index (χ4v) is 4.04. The average molecular weight is 374 g/mol. The molecule has 0 aliphatic carbocycles. The lowest BCUT2D eigenvalue weighted by Gasteiger charge is -2.45. The van der Waals surface area contributed by atoms with Gasteiger partial charge in [-0.3, -0.25) is 0 Å². The van der Waals surface area contributed by atoms with Gasteiger partial charge < -0.3 is 19.3 Å². The quantitative estimate of drug-likeness (QED) is 0.779. The van der Waals surface area contributed by atoms with E-state index >= 15 is 0 Å². The molecule has 2 aliphatic heterocycles. The standard InChI is InChI=1S/C21H30N2O4/c1-20(2,3)27-18(24)22-13-7-11-21(16-22)12-8-14-23(21)19(25)26-15-17-9-5-4-6-10-17/h4-6,9-10H,7-8,11-16H2,1-3H3/t21-/m1/s1. The SMILES string of the molecule is CC(C)(C)OC(=O)N1CCC[C@@]2(CCCN2C(=O)OCc2ccccc2)C1. The van der Waals surface area contributed by atoms with Crippen molar-refractivity contribution >= 4 is 12.2 Å². The van der Waals surface area contributed by atoms with E-state index in [0.717, 1.165) is 31.2 Å². The van der Waals surface area contributed by atoms with Crippen LogP contribution in [-0.2, 0) is 16.1 Å². The van der Waals surface area contributed by atoms with Gasteiger partial charge in [0.2, 0.25) is 0 Å². The fraction of sp³-hybridized carbons (Fsp3) is 0.619. The topological polar surface area (TPSA) is 59.1 Å². The number of amides is 2. The number of rotatable bonds is 2. The molecule has 1 aromatic carbocycles. The van der Waals surface area contributed by atoms with Crippen molar-refractivity contribution in [2.45, 2.75) is 64.2 Å². The first-order valence-electron chi connectivity index (χ1n) is 9.75. The summed E-state index contributed by atoms with van der Waals surface area (Å²) in [6, 6.07) is 9.69. The van der Waals surface area contributed by atoms with Crippen molar-refractivity contribution in [1.29, 1.82) is 0 Å². The van der Waals surface area contributed by atoms with Crippen molar-refractivity contribution in [3.8, 4) is 0 Å². The Morgan fingerprint density at radius 1 is 1.04 bits per heavy atom. The minimum Gasteiger partial charge on any atom is -0.445 e. The van der Waals surface area contributed by atoms with Gasteiger partial charge in [0.25, 0.3) is 0 Å². The molecule has 0 bridgehead atoms. The fourth-order valence-electron chi connectivity index (χ4n) is 4.04. The van der Waals surface area contributed by atoms with Gasteiger partial charge in [0, 0.05) is 19.6 Å². The summed E-state index contributed by atoms with van der Waals surface area (Å²) in [4.78, 5) is 28.9. The van der Waals surface area contributed by atoms with Crippen LogP contribution in [0.5, 0.6) is 0 Å². The van der Waals surface area contributed by atoms with E-state index in [4.69, 9.17) is 9.47 Å². The molecule has 0 aromatic heterocycles. The van der Waals surface area contributed by atoms with E-state index in [9.17, 15) is 9.59 Å². The smallest absolute Gasteiger partial charge is 0.410 e. The van der Waals surface area contributed by atoms with Crippen LogP contribution in [0.4, 0.5) is 9.59 Å². The lowest BCUT2D eigenvalue weighted by atomic mass is 9.86. The van der Waals surface area contributed by atoms with Gasteiger partial charge in [-0.15, -0.1) is 0 Å². The van der Waals surface area contributed by atoms with Gasteiger partial charge in [-0.25, -0.2) is 9.59 Å². The van der Waals surface area contributed by atoms with Gasteiger partial charge in [-0.2, -0.15) is 0 Å². The van der Waals surface area contributed by atoms with Gasteiger partial charge in [-0.05, 0) is 52.0 Å². The van der Waals surface area contributed by atoms with Crippen LogP contribution >= 0.6 is 0 Å². The van der Waals surface area contributed by atoms with Crippen LogP contribution in [0.1, 0.15) is 52.0 Å². The van der Waals surface area contributed by atoms with Crippen LogP contribution in [0.3, 0.4) is 0 Å². The largest absolute Gasteiger partial charge is 0.445 e. The summed E-state index contributed by atoms with van der Waals surface area (Å²) in [5.41, 5.74) is 0.118. The molecule has 148 valence electrons. The third-order valence-corrected chi connectivity index (χ3v) is 5.23. The van der Waals surface area contributed by atoms with E-state index < -0.39 is 5.60 Å². The van der Waals surface area contributed by atoms with Gasteiger partial charge >= 0.3 is 12.2 Å². The monoisotopic (exact) mass is 374 g/mol. The third kappa shape index (κ3) is 4.73. The minimum atomic E-state index is -0.522. The summed E-state index contributed by atoms with van der Waals surface area (Å²) < 4.78 is 11.1. The van der Waals surface area contributed by atoms with Crippen molar-refractivity contribution in [3.63, 3.8) is 0 Å². The first-order valence-corrected chi connectivity index (χ1v) is 9.75. The lowest BCUT2D eigenvalue weighted by molar-refractivity contribution is -0.00691. The molecule has 2 heterocycles. The summed E-state index contributed by atoms with van der Waals surface area (Å²) >= 11 is 0.